The summed E-state index contributed by atoms with van der Waals surface area (Å²) in [6.45, 7) is 3.96. The molecule has 0 rings (SSSR count). The highest BCUT2D eigenvalue weighted by molar-refractivity contribution is 9.24. The maximum absolute atomic E-state index is 5.08. The quantitative estimate of drug-likeness (QED) is 0.664. The third-order valence-electron chi connectivity index (χ3n) is 0.375. The molecule has 3 heteroatoms. The van der Waals surface area contributed by atoms with Crippen molar-refractivity contribution in [3.05, 3.63) is 0 Å². The number of hydrogen-bond donors (Lipinski definition) is 0. The Morgan fingerprint density at radius 3 is 1.71 bits per heavy atom. The summed E-state index contributed by atoms with van der Waals surface area (Å²) in [7, 11) is 0. The minimum atomic E-state index is -0.000000000000000222. The molecule has 44 valence electrons. The van der Waals surface area contributed by atoms with E-state index in [2.05, 4.69) is 31.9 Å². The molecule has 0 aliphatic carbocycles. The topological polar surface area (TPSA) is 9.23 Å². The lowest BCUT2D eigenvalue weighted by atomic mass is 10.5. The van der Waals surface area contributed by atoms with E-state index in [0.29, 0.717) is 0 Å². The Morgan fingerprint density at radius 2 is 1.71 bits per heavy atom. The lowest BCUT2D eigenvalue weighted by Crippen LogP contribution is -2.04. The molecule has 0 radical (unpaired) electrons. The highest BCUT2D eigenvalue weighted by atomic mass is 79.9. The summed E-state index contributed by atoms with van der Waals surface area (Å²) < 4.78 is 5.08. The fraction of sp³-hybridized carbons (Fsp3) is 1.00. The molecule has 0 unspecified atom stereocenters. The molecular formula is C4H8Br2O. The van der Waals surface area contributed by atoms with E-state index in [4.69, 9.17) is 4.74 Å². The van der Waals surface area contributed by atoms with Crippen molar-refractivity contribution in [2.75, 3.05) is 0 Å². The maximum Gasteiger partial charge on any atom is 0.167 e. The molecule has 0 aromatic rings. The van der Waals surface area contributed by atoms with Gasteiger partial charge in [0.25, 0.3) is 0 Å². The van der Waals surface area contributed by atoms with Gasteiger partial charge in [0.2, 0.25) is 0 Å². The van der Waals surface area contributed by atoms with Crippen LogP contribution >= 0.6 is 31.9 Å². The molecule has 7 heavy (non-hydrogen) atoms. The van der Waals surface area contributed by atoms with Gasteiger partial charge in [-0.15, -0.1) is 0 Å². The summed E-state index contributed by atoms with van der Waals surface area (Å²) in [6, 6.07) is 0. The van der Waals surface area contributed by atoms with Crippen LogP contribution in [-0.2, 0) is 4.74 Å². The van der Waals surface area contributed by atoms with Crippen molar-refractivity contribution >= 4 is 31.9 Å². The highest BCUT2D eigenvalue weighted by Crippen LogP contribution is 2.11. The van der Waals surface area contributed by atoms with E-state index < -0.39 is 0 Å². The van der Waals surface area contributed by atoms with Gasteiger partial charge in [0, 0.05) is 0 Å². The molecule has 0 atom stereocenters. The molecule has 0 N–H and O–H groups in total. The van der Waals surface area contributed by atoms with Gasteiger partial charge in [-0.05, 0) is 45.7 Å². The predicted molar refractivity (Wildman–Crippen MR) is 37.9 cm³/mol. The fourth-order valence-electron chi connectivity index (χ4n) is 0.206. The third-order valence-corrected chi connectivity index (χ3v) is 0.807. The lowest BCUT2D eigenvalue weighted by Gasteiger charge is -2.06. The second-order valence-electron chi connectivity index (χ2n) is 1.45. The fourth-order valence-corrected chi connectivity index (χ4v) is 1.07. The first-order valence-electron chi connectivity index (χ1n) is 2.06. The van der Waals surface area contributed by atoms with Crippen LogP contribution in [0.15, 0.2) is 0 Å². The summed E-state index contributed by atoms with van der Waals surface area (Å²) in [5.74, 6) is 0. The zero-order valence-corrected chi connectivity index (χ0v) is 7.49. The van der Waals surface area contributed by atoms with Gasteiger partial charge in [-0.3, -0.25) is 0 Å². The van der Waals surface area contributed by atoms with Crippen molar-refractivity contribution in [2.45, 2.75) is 23.9 Å². The summed E-state index contributed by atoms with van der Waals surface area (Å²) in [5, 5.41) is 0. The van der Waals surface area contributed by atoms with Crippen molar-refractivity contribution in [3.8, 4) is 0 Å². The smallest absolute Gasteiger partial charge is 0.167 e. The average Bonchev–Trinajstić information content (AvgIpc) is 1.27. The number of ether oxygens (including phenoxy) is 1. The van der Waals surface area contributed by atoms with E-state index in [1.807, 2.05) is 13.8 Å². The van der Waals surface area contributed by atoms with Crippen molar-refractivity contribution in [1.29, 1.82) is 0 Å². The highest BCUT2D eigenvalue weighted by Gasteiger charge is 1.97. The normalized spacial score (nSPS) is 11.1. The van der Waals surface area contributed by atoms with Crippen molar-refractivity contribution in [1.82, 2.24) is 0 Å². The van der Waals surface area contributed by atoms with Crippen LogP contribution in [0.1, 0.15) is 13.8 Å². The Morgan fingerprint density at radius 1 is 1.29 bits per heavy atom. The first-order valence-corrected chi connectivity index (χ1v) is 3.89. The molecule has 0 spiro atoms. The van der Waals surface area contributed by atoms with Gasteiger partial charge in [-0.1, -0.05) is 0 Å². The molecule has 0 bridgehead atoms. The summed E-state index contributed by atoms with van der Waals surface area (Å²) in [6.07, 6.45) is 0.281. The molecule has 0 fully saturated rings. The SMILES string of the molecule is CC(C)OC(Br)Br. The maximum atomic E-state index is 5.08. The van der Waals surface area contributed by atoms with Gasteiger partial charge in [0.1, 0.15) is 0 Å². The van der Waals surface area contributed by atoms with Crippen LogP contribution in [0.3, 0.4) is 0 Å². The Labute approximate surface area is 60.7 Å². The first kappa shape index (κ1) is 7.92. The van der Waals surface area contributed by atoms with Crippen molar-refractivity contribution in [2.24, 2.45) is 0 Å². The number of hydrogen-bond acceptors (Lipinski definition) is 1. The molecule has 1 nitrogen and oxygen atoms in total. The molecule has 0 heterocycles. The van der Waals surface area contributed by atoms with Gasteiger partial charge >= 0.3 is 0 Å². The largest absolute Gasteiger partial charge is 0.354 e. The molecule has 0 aliphatic heterocycles. The van der Waals surface area contributed by atoms with E-state index in [1.54, 1.807) is 0 Å². The van der Waals surface area contributed by atoms with Crippen molar-refractivity contribution < 1.29 is 4.74 Å². The van der Waals surface area contributed by atoms with Gasteiger partial charge in [-0.2, -0.15) is 0 Å². The molecule has 0 aromatic heterocycles. The summed E-state index contributed by atoms with van der Waals surface area (Å²) in [5.41, 5.74) is 0. The zero-order valence-electron chi connectivity index (χ0n) is 4.32. The van der Waals surface area contributed by atoms with Crippen LogP contribution < -0.4 is 0 Å². The molecule has 0 aromatic carbocycles. The second-order valence-corrected chi connectivity index (χ2v) is 4.34. The molecule has 0 saturated heterocycles. The predicted octanol–water partition coefficient (Wildman–Crippen LogP) is 2.48. The van der Waals surface area contributed by atoms with E-state index in [1.165, 1.54) is 0 Å². The minimum absolute atomic E-state index is 0.000000000000000222. The molecule has 0 saturated carbocycles. The number of rotatable bonds is 2. The van der Waals surface area contributed by atoms with Crippen LogP contribution in [0.2, 0.25) is 0 Å². The average molecular weight is 232 g/mol. The van der Waals surface area contributed by atoms with E-state index >= 15 is 0 Å². The van der Waals surface area contributed by atoms with Gasteiger partial charge < -0.3 is 4.74 Å². The molecule has 0 amide bonds. The van der Waals surface area contributed by atoms with E-state index in [0.717, 1.165) is 0 Å². The van der Waals surface area contributed by atoms with Crippen LogP contribution in [0, 0.1) is 0 Å². The van der Waals surface area contributed by atoms with E-state index in [-0.39, 0.29) is 10.0 Å². The number of halogens is 2. The standard InChI is InChI=1S/C4H8Br2O/c1-3(2)7-4(5)6/h3-4H,1-2H3. The lowest BCUT2D eigenvalue weighted by molar-refractivity contribution is 0.109. The third kappa shape index (κ3) is 6.92. The first-order chi connectivity index (χ1) is 3.13. The Kier molecular flexibility index (Phi) is 4.37. The van der Waals surface area contributed by atoms with Gasteiger partial charge in [-0.25, -0.2) is 0 Å². The van der Waals surface area contributed by atoms with Crippen LogP contribution in [-0.4, -0.2) is 10.0 Å². The second kappa shape index (κ2) is 3.87. The zero-order chi connectivity index (χ0) is 5.86. The Hall–Kier alpha value is 0.920. The summed E-state index contributed by atoms with van der Waals surface area (Å²) >= 11 is 6.34. The Balaban J connectivity index is 2.95. The molecular weight excluding hydrogens is 224 g/mol. The van der Waals surface area contributed by atoms with Crippen LogP contribution in [0.25, 0.3) is 0 Å². The summed E-state index contributed by atoms with van der Waals surface area (Å²) in [4.78, 5) is 0. The van der Waals surface area contributed by atoms with Gasteiger partial charge in [0.15, 0.2) is 3.92 Å². The minimum Gasteiger partial charge on any atom is -0.354 e. The van der Waals surface area contributed by atoms with Crippen molar-refractivity contribution in [3.63, 3.8) is 0 Å². The van der Waals surface area contributed by atoms with Crippen LogP contribution in [0.4, 0.5) is 0 Å². The van der Waals surface area contributed by atoms with Gasteiger partial charge in [0.05, 0.1) is 6.10 Å². The van der Waals surface area contributed by atoms with E-state index in [9.17, 15) is 0 Å². The monoisotopic (exact) mass is 230 g/mol. The number of alkyl halides is 2. The van der Waals surface area contributed by atoms with Crippen LogP contribution in [0.5, 0.6) is 0 Å². The molecule has 0 aliphatic rings. The Bertz CT molecular complexity index is 39.0.